The van der Waals surface area contributed by atoms with Crippen LogP contribution in [-0.4, -0.2) is 108 Å². The fraction of sp³-hybridized carbons (Fsp3) is 0.419. The molecule has 6 heterocycles. The van der Waals surface area contributed by atoms with E-state index in [1.165, 1.54) is 43.3 Å². The summed E-state index contributed by atoms with van der Waals surface area (Å²) >= 11 is 0. The van der Waals surface area contributed by atoms with Gasteiger partial charge < -0.3 is 25.6 Å². The third kappa shape index (κ3) is 9.41. The van der Waals surface area contributed by atoms with Crippen LogP contribution in [0, 0.1) is 0 Å². The summed E-state index contributed by atoms with van der Waals surface area (Å²) in [5.74, 6) is -4.42. The lowest BCUT2D eigenvalue weighted by atomic mass is 10.0. The number of hydrogen-bond donors (Lipinski definition) is 3. The molecule has 1 unspecified atom stereocenters. The third-order valence-corrected chi connectivity index (χ3v) is 11.5. The van der Waals surface area contributed by atoms with E-state index in [-0.39, 0.29) is 53.7 Å². The lowest BCUT2D eigenvalue weighted by Gasteiger charge is -2.36. The maximum Gasteiger partial charge on any atom is 0.329 e. The molecule has 3 amide bonds. The van der Waals surface area contributed by atoms with Gasteiger partial charge >= 0.3 is 5.69 Å². The number of rotatable bonds is 16. The molecule has 0 saturated carbocycles. The first-order valence-corrected chi connectivity index (χ1v) is 21.0. The molecule has 2 aliphatic rings. The molecule has 6 aromatic rings. The van der Waals surface area contributed by atoms with Crippen molar-refractivity contribution >= 4 is 45.9 Å². The van der Waals surface area contributed by atoms with Crippen molar-refractivity contribution in [1.29, 1.82) is 0 Å². The minimum Gasteiger partial charge on any atom is -0.381 e. The zero-order valence-electron chi connectivity index (χ0n) is 35.2. The number of benzene rings is 2. The van der Waals surface area contributed by atoms with Gasteiger partial charge in [-0.1, -0.05) is 24.3 Å². The number of nitrogens with two attached hydrogens (primary N) is 1. The predicted octanol–water partition coefficient (Wildman–Crippen LogP) is 4.38. The zero-order valence-corrected chi connectivity index (χ0v) is 35.2. The Kier molecular flexibility index (Phi) is 12.7. The van der Waals surface area contributed by atoms with Gasteiger partial charge in [0, 0.05) is 65.0 Å². The molecule has 0 radical (unpaired) electrons. The predicted molar refractivity (Wildman–Crippen MR) is 228 cm³/mol. The van der Waals surface area contributed by atoms with Crippen molar-refractivity contribution in [1.82, 2.24) is 43.7 Å². The Morgan fingerprint density at radius 1 is 1.09 bits per heavy atom. The molecule has 0 aliphatic carbocycles. The number of imidazole rings is 1. The van der Waals surface area contributed by atoms with E-state index < -0.39 is 54.9 Å². The van der Waals surface area contributed by atoms with Crippen LogP contribution in [0.4, 0.5) is 29.1 Å². The van der Waals surface area contributed by atoms with Crippen LogP contribution in [0.25, 0.3) is 22.4 Å². The number of hydrogen-bond acceptors (Lipinski definition) is 11. The highest BCUT2D eigenvalue weighted by Crippen LogP contribution is 2.31. The highest BCUT2D eigenvalue weighted by molar-refractivity contribution is 6.08. The van der Waals surface area contributed by atoms with Crippen LogP contribution in [0.1, 0.15) is 71.8 Å². The second kappa shape index (κ2) is 18.3. The summed E-state index contributed by atoms with van der Waals surface area (Å²) in [5, 5.41) is 13.0. The molecule has 17 nitrogen and oxygen atoms in total. The number of nitrogens with one attached hydrogen (secondary N) is 2. The summed E-state index contributed by atoms with van der Waals surface area (Å²) < 4.78 is 68.5. The number of halogens is 4. The lowest BCUT2D eigenvalue weighted by Crippen LogP contribution is -2.52. The van der Waals surface area contributed by atoms with Crippen LogP contribution < -0.4 is 27.0 Å². The van der Waals surface area contributed by atoms with E-state index in [0.717, 1.165) is 36.0 Å². The van der Waals surface area contributed by atoms with Crippen LogP contribution in [0.15, 0.2) is 71.9 Å². The van der Waals surface area contributed by atoms with Gasteiger partial charge in [-0.2, -0.15) is 10.2 Å². The molecule has 338 valence electrons. The topological polar surface area (TPSA) is 192 Å². The normalized spacial score (nSPS) is 17.9. The number of amides is 3. The molecule has 2 fully saturated rings. The number of fused-ring (bicyclic) bond motifs is 2. The van der Waals surface area contributed by atoms with Crippen molar-refractivity contribution in [2.75, 3.05) is 50.1 Å². The van der Waals surface area contributed by atoms with Crippen molar-refractivity contribution in [3.8, 4) is 5.69 Å². The van der Waals surface area contributed by atoms with E-state index in [4.69, 9.17) is 10.5 Å². The molecular weight excluding hydrogens is 841 g/mol. The number of ether oxygens (including phenoxy) is 1. The molecule has 64 heavy (non-hydrogen) atoms. The Morgan fingerprint density at radius 3 is 2.62 bits per heavy atom. The number of carbonyl (C=O) groups excluding carboxylic acids is 3. The monoisotopic (exact) mass is 888 g/mol. The maximum absolute atomic E-state index is 14.3. The number of aryl methyl sites for hydroxylation is 2. The number of imide groups is 1. The highest BCUT2D eigenvalue weighted by atomic mass is 19.3. The molecule has 2 saturated heterocycles. The molecule has 4 N–H and O–H groups in total. The van der Waals surface area contributed by atoms with E-state index in [1.807, 2.05) is 37.4 Å². The van der Waals surface area contributed by atoms with Gasteiger partial charge in [0.1, 0.15) is 17.4 Å². The number of anilines is 2. The summed E-state index contributed by atoms with van der Waals surface area (Å²) in [5.41, 5.74) is 8.57. The van der Waals surface area contributed by atoms with E-state index >= 15 is 0 Å². The van der Waals surface area contributed by atoms with E-state index in [0.29, 0.717) is 37.4 Å². The quantitative estimate of drug-likeness (QED) is 0.0710. The second-order valence-electron chi connectivity index (χ2n) is 16.4. The van der Waals surface area contributed by atoms with Crippen molar-refractivity contribution < 1.29 is 36.7 Å². The smallest absolute Gasteiger partial charge is 0.329 e. The van der Waals surface area contributed by atoms with Gasteiger partial charge in [-0.15, -0.1) is 0 Å². The first kappa shape index (κ1) is 44.2. The minimum absolute atomic E-state index is 0.0515. The van der Waals surface area contributed by atoms with Gasteiger partial charge in [0.15, 0.2) is 11.3 Å². The van der Waals surface area contributed by atoms with Crippen molar-refractivity contribution in [2.45, 2.75) is 69.5 Å². The highest BCUT2D eigenvalue weighted by Gasteiger charge is 2.40. The number of para-hydroxylation sites is 1. The summed E-state index contributed by atoms with van der Waals surface area (Å²) in [7, 11) is 3.67. The van der Waals surface area contributed by atoms with Gasteiger partial charge in [0.2, 0.25) is 11.8 Å². The fourth-order valence-corrected chi connectivity index (χ4v) is 8.48. The molecule has 2 aromatic carbocycles. The Labute approximate surface area is 363 Å². The molecule has 2 atom stereocenters. The summed E-state index contributed by atoms with van der Waals surface area (Å²) in [6.45, 7) is 1.99. The molecular formula is C43H48F4N12O5. The Balaban J connectivity index is 0.814. The zero-order chi connectivity index (χ0) is 45.3. The molecule has 8 rings (SSSR count). The average Bonchev–Trinajstić information content (AvgIpc) is 3.94. The summed E-state index contributed by atoms with van der Waals surface area (Å²) in [4.78, 5) is 58.8. The molecule has 2 aliphatic heterocycles. The largest absolute Gasteiger partial charge is 0.381 e. The van der Waals surface area contributed by atoms with Crippen LogP contribution in [0.5, 0.6) is 0 Å². The maximum atomic E-state index is 14.3. The van der Waals surface area contributed by atoms with Gasteiger partial charge in [-0.3, -0.25) is 28.8 Å². The van der Waals surface area contributed by atoms with Crippen LogP contribution in [0.2, 0.25) is 0 Å². The van der Waals surface area contributed by atoms with Gasteiger partial charge in [-0.25, -0.2) is 36.5 Å². The number of aromatic nitrogens is 7. The van der Waals surface area contributed by atoms with E-state index in [9.17, 15) is 36.7 Å². The number of piperidine rings is 2. The number of alkyl halides is 4. The Hall–Kier alpha value is -6.45. The van der Waals surface area contributed by atoms with Gasteiger partial charge in [0.25, 0.3) is 18.3 Å². The SMILES string of the molecule is CN(CCCOCCCc1cccc2c1n(C)c(=O)n2C1CCC(=O)NC1=O)Cc1ccc(-n2cc(NC(=O)c3cnn4ccc(N5C[C@H](N)CC(F)(F)C5)nc34)c(C(F)F)n2)cc1. The number of nitrogens with zero attached hydrogens (tertiary/aromatic N) is 9. The van der Waals surface area contributed by atoms with Crippen LogP contribution in [-0.2, 0) is 34.3 Å². The van der Waals surface area contributed by atoms with Crippen molar-refractivity contribution in [3.05, 3.63) is 100.0 Å². The Bertz CT molecular complexity index is 2750. The average molecular weight is 889 g/mol. The molecule has 0 spiro atoms. The van der Waals surface area contributed by atoms with Crippen molar-refractivity contribution in [3.63, 3.8) is 0 Å². The lowest BCUT2D eigenvalue weighted by molar-refractivity contribution is -0.135. The minimum atomic E-state index is -3.01. The summed E-state index contributed by atoms with van der Waals surface area (Å²) in [6, 6.07) is 12.9. The fourth-order valence-electron chi connectivity index (χ4n) is 8.48. The third-order valence-electron chi connectivity index (χ3n) is 11.5. The second-order valence-corrected chi connectivity index (χ2v) is 16.4. The van der Waals surface area contributed by atoms with E-state index in [1.54, 1.807) is 23.7 Å². The van der Waals surface area contributed by atoms with E-state index in [2.05, 4.69) is 30.7 Å². The standard InChI is InChI=1S/C43H48F4N12O5/c1-54(16-5-19-64-18-4-7-27-6-3-8-32-37(27)55(2)42(63)59(32)33-13-14-35(60)52-41(33)62)22-26-9-11-29(12-10-26)58-24-31(36(53-58)38(44)45)50-40(61)30-21-49-57-17-15-34(51-39(30)57)56-23-28(48)20-43(46,47)25-56/h3,6,8-12,15,17,21,24,28,33,38H,4-5,7,13-14,16,18-20,22-23,25,48H2,1-2H3,(H,50,61)(H,52,60,62)/t28-,33?/m1/s1. The molecule has 21 heteroatoms. The Morgan fingerprint density at radius 2 is 1.88 bits per heavy atom. The van der Waals surface area contributed by atoms with Crippen molar-refractivity contribution in [2.24, 2.45) is 12.8 Å². The summed E-state index contributed by atoms with van der Waals surface area (Å²) in [6.07, 6.45) is 3.17. The van der Waals surface area contributed by atoms with Gasteiger partial charge in [0.05, 0.1) is 41.3 Å². The first-order chi connectivity index (χ1) is 30.7. The molecule has 0 bridgehead atoms. The van der Waals surface area contributed by atoms with Crippen LogP contribution in [0.3, 0.4) is 0 Å². The molecule has 4 aromatic heterocycles. The van der Waals surface area contributed by atoms with Crippen LogP contribution >= 0.6 is 0 Å². The number of carbonyl (C=O) groups is 3. The first-order valence-electron chi connectivity index (χ1n) is 21.0. The van der Waals surface area contributed by atoms with Gasteiger partial charge in [-0.05, 0) is 68.1 Å².